The van der Waals surface area contributed by atoms with Crippen LogP contribution in [0.1, 0.15) is 25.3 Å². The first-order valence-corrected chi connectivity index (χ1v) is 9.11. The molecule has 2 aliphatic heterocycles. The third-order valence-corrected chi connectivity index (χ3v) is 5.11. The van der Waals surface area contributed by atoms with E-state index in [1.807, 2.05) is 60.7 Å². The molecule has 3 atom stereocenters. The first kappa shape index (κ1) is 16.8. The van der Waals surface area contributed by atoms with E-state index in [-0.39, 0.29) is 17.9 Å². The van der Waals surface area contributed by atoms with Crippen LogP contribution in [0, 0.1) is 5.92 Å². The zero-order valence-electron chi connectivity index (χ0n) is 14.7. The maximum Gasteiger partial charge on any atom is 0.262 e. The minimum Gasteiger partial charge on any atom is -0.275 e. The number of hydroxylamine groups is 1. The van der Waals surface area contributed by atoms with Crippen molar-refractivity contribution in [2.75, 3.05) is 5.06 Å². The zero-order chi connectivity index (χ0) is 18.1. The molecule has 2 heterocycles. The van der Waals surface area contributed by atoms with Gasteiger partial charge in [-0.1, -0.05) is 61.9 Å². The molecule has 5 heteroatoms. The van der Waals surface area contributed by atoms with Gasteiger partial charge in [-0.15, -0.1) is 0 Å². The number of benzene rings is 2. The van der Waals surface area contributed by atoms with Gasteiger partial charge < -0.3 is 0 Å². The monoisotopic (exact) mass is 350 g/mol. The van der Waals surface area contributed by atoms with Crippen molar-refractivity contribution >= 4 is 17.5 Å². The van der Waals surface area contributed by atoms with E-state index in [4.69, 9.17) is 4.84 Å². The van der Waals surface area contributed by atoms with Gasteiger partial charge in [0, 0.05) is 0 Å². The van der Waals surface area contributed by atoms with Crippen LogP contribution in [0.3, 0.4) is 0 Å². The van der Waals surface area contributed by atoms with Gasteiger partial charge in [-0.25, -0.2) is 5.06 Å². The molecule has 2 aromatic rings. The molecule has 0 spiro atoms. The highest BCUT2D eigenvalue weighted by atomic mass is 16.7. The number of hydrogen-bond donors (Lipinski definition) is 0. The van der Waals surface area contributed by atoms with Crippen molar-refractivity contribution in [2.24, 2.45) is 5.92 Å². The summed E-state index contributed by atoms with van der Waals surface area (Å²) >= 11 is 0. The summed E-state index contributed by atoms with van der Waals surface area (Å²) in [4.78, 5) is 33.3. The minimum absolute atomic E-state index is 0.121. The van der Waals surface area contributed by atoms with Gasteiger partial charge >= 0.3 is 0 Å². The lowest BCUT2D eigenvalue weighted by atomic mass is 9.93. The number of anilines is 1. The van der Waals surface area contributed by atoms with Crippen LogP contribution < -0.4 is 5.06 Å². The van der Waals surface area contributed by atoms with Gasteiger partial charge in [-0.05, 0) is 24.1 Å². The number of imide groups is 1. The van der Waals surface area contributed by atoms with Crippen molar-refractivity contribution in [3.8, 4) is 0 Å². The summed E-state index contributed by atoms with van der Waals surface area (Å²) in [5.74, 6) is -0.796. The standard InChI is InChI=1S/C21H22N2O3/c1-2-9-17-18-19(26-23(17)16-12-7-4-8-13-16)21(25)22(20(18)24)14-15-10-5-3-6-11-15/h3-8,10-13,17-19H,2,9,14H2,1H3/t17-,18-,19+/m0/s1. The Kier molecular flexibility index (Phi) is 4.47. The van der Waals surface area contributed by atoms with E-state index in [0.29, 0.717) is 6.54 Å². The number of rotatable bonds is 5. The van der Waals surface area contributed by atoms with E-state index in [1.54, 1.807) is 5.06 Å². The molecule has 0 unspecified atom stereocenters. The maximum absolute atomic E-state index is 13.1. The van der Waals surface area contributed by atoms with Gasteiger partial charge in [0.05, 0.1) is 24.2 Å². The van der Waals surface area contributed by atoms with Crippen LogP contribution in [0.4, 0.5) is 5.69 Å². The van der Waals surface area contributed by atoms with Crippen molar-refractivity contribution in [3.63, 3.8) is 0 Å². The molecule has 134 valence electrons. The molecule has 0 aliphatic carbocycles. The largest absolute Gasteiger partial charge is 0.275 e. The second kappa shape index (κ2) is 6.92. The second-order valence-corrected chi connectivity index (χ2v) is 6.82. The Morgan fingerprint density at radius 2 is 1.58 bits per heavy atom. The SMILES string of the molecule is CCC[C@H]1[C@@H]2C(=O)N(Cc3ccccc3)C(=O)[C@@H]2ON1c1ccccc1. The van der Waals surface area contributed by atoms with Crippen LogP contribution in [0.25, 0.3) is 0 Å². The van der Waals surface area contributed by atoms with Crippen LogP contribution in [0.15, 0.2) is 60.7 Å². The highest BCUT2D eigenvalue weighted by Crippen LogP contribution is 2.40. The molecule has 0 aromatic heterocycles. The molecule has 2 fully saturated rings. The fraction of sp³-hybridized carbons (Fsp3) is 0.333. The van der Waals surface area contributed by atoms with E-state index >= 15 is 0 Å². The molecule has 4 rings (SSSR count). The van der Waals surface area contributed by atoms with Crippen molar-refractivity contribution in [3.05, 3.63) is 66.2 Å². The summed E-state index contributed by atoms with van der Waals surface area (Å²) in [7, 11) is 0. The first-order valence-electron chi connectivity index (χ1n) is 9.11. The summed E-state index contributed by atoms with van der Waals surface area (Å²) in [6.45, 7) is 2.39. The van der Waals surface area contributed by atoms with E-state index in [0.717, 1.165) is 24.1 Å². The van der Waals surface area contributed by atoms with Crippen molar-refractivity contribution in [1.82, 2.24) is 4.90 Å². The Hall–Kier alpha value is -2.66. The molecule has 2 amide bonds. The van der Waals surface area contributed by atoms with Gasteiger partial charge in [0.15, 0.2) is 6.10 Å². The molecule has 26 heavy (non-hydrogen) atoms. The Morgan fingerprint density at radius 3 is 2.23 bits per heavy atom. The topological polar surface area (TPSA) is 49.9 Å². The number of para-hydroxylation sites is 1. The highest BCUT2D eigenvalue weighted by molar-refractivity contribution is 6.07. The first-order chi connectivity index (χ1) is 12.7. The van der Waals surface area contributed by atoms with Gasteiger partial charge in [0.25, 0.3) is 5.91 Å². The van der Waals surface area contributed by atoms with Crippen molar-refractivity contribution < 1.29 is 14.4 Å². The maximum atomic E-state index is 13.1. The molecule has 2 aliphatic rings. The van der Waals surface area contributed by atoms with E-state index < -0.39 is 12.0 Å². The average molecular weight is 350 g/mol. The Balaban J connectivity index is 1.60. The van der Waals surface area contributed by atoms with Crippen LogP contribution in [0.5, 0.6) is 0 Å². The smallest absolute Gasteiger partial charge is 0.262 e. The number of carbonyl (C=O) groups is 2. The highest BCUT2D eigenvalue weighted by Gasteiger charge is 2.58. The summed E-state index contributed by atoms with van der Waals surface area (Å²) in [5, 5.41) is 1.77. The number of likely N-dealkylation sites (tertiary alicyclic amines) is 1. The lowest BCUT2D eigenvalue weighted by molar-refractivity contribution is -0.143. The summed E-state index contributed by atoms with van der Waals surface area (Å²) in [6, 6.07) is 19.2. The lowest BCUT2D eigenvalue weighted by Crippen LogP contribution is -2.40. The Bertz CT molecular complexity index is 793. The molecule has 0 N–H and O–H groups in total. The predicted molar refractivity (Wildman–Crippen MR) is 98.0 cm³/mol. The van der Waals surface area contributed by atoms with Gasteiger partial charge in [0.1, 0.15) is 0 Å². The number of fused-ring (bicyclic) bond motifs is 1. The third kappa shape index (κ3) is 2.78. The summed E-state index contributed by atoms with van der Waals surface area (Å²) in [6.07, 6.45) is 0.998. The van der Waals surface area contributed by atoms with E-state index in [9.17, 15) is 9.59 Å². The summed E-state index contributed by atoms with van der Waals surface area (Å²) < 4.78 is 0. The fourth-order valence-corrected chi connectivity index (χ4v) is 3.89. The molecule has 0 radical (unpaired) electrons. The van der Waals surface area contributed by atoms with Gasteiger partial charge in [0.2, 0.25) is 5.91 Å². The van der Waals surface area contributed by atoms with Crippen molar-refractivity contribution in [1.29, 1.82) is 0 Å². The Morgan fingerprint density at radius 1 is 0.923 bits per heavy atom. The zero-order valence-corrected chi connectivity index (χ0v) is 14.7. The molecule has 0 bridgehead atoms. The van der Waals surface area contributed by atoms with Crippen LogP contribution in [-0.4, -0.2) is 28.9 Å². The molecule has 5 nitrogen and oxygen atoms in total. The summed E-state index contributed by atoms with van der Waals surface area (Å²) in [5.41, 5.74) is 1.83. The minimum atomic E-state index is -0.719. The quantitative estimate of drug-likeness (QED) is 0.777. The molecule has 0 saturated carbocycles. The van der Waals surface area contributed by atoms with Crippen LogP contribution >= 0.6 is 0 Å². The molecular formula is C21H22N2O3. The number of carbonyl (C=O) groups excluding carboxylic acids is 2. The normalized spacial score (nSPS) is 25.0. The molecule has 2 aromatic carbocycles. The van der Waals surface area contributed by atoms with Crippen LogP contribution in [0.2, 0.25) is 0 Å². The Labute approximate surface area is 153 Å². The molecule has 2 saturated heterocycles. The average Bonchev–Trinajstić information content (AvgIpc) is 3.16. The van der Waals surface area contributed by atoms with Crippen molar-refractivity contribution in [2.45, 2.75) is 38.5 Å². The number of hydrogen-bond acceptors (Lipinski definition) is 4. The van der Waals surface area contributed by atoms with E-state index in [2.05, 4.69) is 6.92 Å². The predicted octanol–water partition coefficient (Wildman–Crippen LogP) is 3.16. The fourth-order valence-electron chi connectivity index (χ4n) is 3.89. The van der Waals surface area contributed by atoms with E-state index in [1.165, 1.54) is 4.90 Å². The second-order valence-electron chi connectivity index (χ2n) is 6.82. The van der Waals surface area contributed by atoms with Gasteiger partial charge in [-0.2, -0.15) is 0 Å². The number of amides is 2. The molecular weight excluding hydrogens is 328 g/mol. The van der Waals surface area contributed by atoms with Gasteiger partial charge in [-0.3, -0.25) is 19.3 Å². The lowest BCUT2D eigenvalue weighted by Gasteiger charge is -2.28. The van der Waals surface area contributed by atoms with Crippen LogP contribution in [-0.2, 0) is 21.0 Å². The third-order valence-electron chi connectivity index (χ3n) is 5.11. The number of nitrogens with zero attached hydrogens (tertiary/aromatic N) is 2.